The van der Waals surface area contributed by atoms with Crippen LogP contribution in [-0.4, -0.2) is 0 Å². The van der Waals surface area contributed by atoms with Crippen molar-refractivity contribution in [2.24, 2.45) is 0 Å². The van der Waals surface area contributed by atoms with E-state index in [1.807, 2.05) is 36.4 Å². The highest BCUT2D eigenvalue weighted by molar-refractivity contribution is 6.10. The molecule has 3 aromatic heterocycles. The number of para-hydroxylation sites is 4. The average molecular weight is 820 g/mol. The SMILES string of the molecule is c1ccc(-c2ccc(N(c3ccc(-c4cccc5c4oc4ccccc45)cc3)c3cc(-c4ccc5oc6ccccc6c5c4)cc(-c4ccc5oc6ccccc6c5c4)c3)cc2)cc1. The molecule has 0 aliphatic rings. The predicted molar refractivity (Wildman–Crippen MR) is 265 cm³/mol. The van der Waals surface area contributed by atoms with E-state index in [1.165, 1.54) is 5.56 Å². The van der Waals surface area contributed by atoms with E-state index in [1.54, 1.807) is 0 Å². The minimum Gasteiger partial charge on any atom is -0.456 e. The zero-order valence-corrected chi connectivity index (χ0v) is 34.5. The third-order valence-corrected chi connectivity index (χ3v) is 12.7. The predicted octanol–water partition coefficient (Wildman–Crippen LogP) is 17.5. The molecule has 0 radical (unpaired) electrons. The van der Waals surface area contributed by atoms with E-state index in [-0.39, 0.29) is 0 Å². The fraction of sp³-hybridized carbons (Fsp3) is 0. The van der Waals surface area contributed by atoms with Gasteiger partial charge in [0.25, 0.3) is 0 Å². The van der Waals surface area contributed by atoms with E-state index >= 15 is 0 Å². The van der Waals surface area contributed by atoms with Crippen molar-refractivity contribution in [2.75, 3.05) is 4.90 Å². The van der Waals surface area contributed by atoms with Crippen molar-refractivity contribution < 1.29 is 13.3 Å². The van der Waals surface area contributed by atoms with Gasteiger partial charge < -0.3 is 18.2 Å². The molecule has 3 heterocycles. The van der Waals surface area contributed by atoms with E-state index in [0.717, 1.165) is 122 Å². The van der Waals surface area contributed by atoms with Gasteiger partial charge in [-0.25, -0.2) is 0 Å². The quantitative estimate of drug-likeness (QED) is 0.161. The molecule has 0 saturated heterocycles. The van der Waals surface area contributed by atoms with Crippen LogP contribution in [0.4, 0.5) is 17.1 Å². The maximum atomic E-state index is 6.48. The lowest BCUT2D eigenvalue weighted by atomic mass is 9.95. The van der Waals surface area contributed by atoms with Gasteiger partial charge in [0.2, 0.25) is 0 Å². The third kappa shape index (κ3) is 5.99. The van der Waals surface area contributed by atoms with Crippen LogP contribution in [0.25, 0.3) is 110 Å². The van der Waals surface area contributed by atoms with Crippen molar-refractivity contribution in [3.8, 4) is 44.5 Å². The zero-order valence-electron chi connectivity index (χ0n) is 34.5. The minimum atomic E-state index is 0.872. The summed E-state index contributed by atoms with van der Waals surface area (Å²) in [5.41, 5.74) is 17.3. The highest BCUT2D eigenvalue weighted by atomic mass is 16.3. The van der Waals surface area contributed by atoms with Gasteiger partial charge in [-0.05, 0) is 124 Å². The first-order valence-corrected chi connectivity index (χ1v) is 21.6. The summed E-state index contributed by atoms with van der Waals surface area (Å²) in [5, 5.41) is 6.63. The van der Waals surface area contributed by atoms with Crippen LogP contribution in [0.15, 0.2) is 238 Å². The molecule has 300 valence electrons. The van der Waals surface area contributed by atoms with Gasteiger partial charge in [0.1, 0.15) is 33.5 Å². The fourth-order valence-corrected chi connectivity index (χ4v) is 9.53. The number of anilines is 3. The van der Waals surface area contributed by atoms with Gasteiger partial charge in [-0.2, -0.15) is 0 Å². The van der Waals surface area contributed by atoms with Crippen LogP contribution in [0.2, 0.25) is 0 Å². The summed E-state index contributed by atoms with van der Waals surface area (Å²) in [4.78, 5) is 2.37. The smallest absolute Gasteiger partial charge is 0.143 e. The van der Waals surface area contributed by atoms with Crippen molar-refractivity contribution in [1.29, 1.82) is 0 Å². The van der Waals surface area contributed by atoms with Crippen molar-refractivity contribution in [3.05, 3.63) is 224 Å². The third-order valence-electron chi connectivity index (χ3n) is 12.7. The molecule has 0 aliphatic carbocycles. The summed E-state index contributed by atoms with van der Waals surface area (Å²) in [6.45, 7) is 0. The van der Waals surface area contributed by atoms with Gasteiger partial charge in [-0.15, -0.1) is 0 Å². The van der Waals surface area contributed by atoms with Gasteiger partial charge in [0.15, 0.2) is 0 Å². The van der Waals surface area contributed by atoms with Crippen LogP contribution in [0, 0.1) is 0 Å². The molecule has 0 N–H and O–H groups in total. The Bertz CT molecular complexity index is 3760. The number of benzene rings is 10. The lowest BCUT2D eigenvalue weighted by Gasteiger charge is -2.27. The second-order valence-corrected chi connectivity index (χ2v) is 16.5. The molecule has 0 fully saturated rings. The summed E-state index contributed by atoms with van der Waals surface area (Å²) in [6, 6.07) is 79.5. The van der Waals surface area contributed by atoms with Gasteiger partial charge in [0, 0.05) is 54.9 Å². The average Bonchev–Trinajstić information content (AvgIpc) is 4.06. The number of nitrogens with zero attached hydrogens (tertiary/aromatic N) is 1. The van der Waals surface area contributed by atoms with Crippen LogP contribution in [-0.2, 0) is 0 Å². The Balaban J connectivity index is 1.01. The number of hydrogen-bond donors (Lipinski definition) is 0. The lowest BCUT2D eigenvalue weighted by molar-refractivity contribution is 0.668. The second-order valence-electron chi connectivity index (χ2n) is 16.5. The molecule has 13 rings (SSSR count). The highest BCUT2D eigenvalue weighted by Gasteiger charge is 2.19. The van der Waals surface area contributed by atoms with Crippen LogP contribution in [0.5, 0.6) is 0 Å². The van der Waals surface area contributed by atoms with Crippen LogP contribution < -0.4 is 4.90 Å². The van der Waals surface area contributed by atoms with Crippen molar-refractivity contribution in [2.45, 2.75) is 0 Å². The van der Waals surface area contributed by atoms with E-state index in [0.29, 0.717) is 0 Å². The summed E-state index contributed by atoms with van der Waals surface area (Å²) in [7, 11) is 0. The molecule has 4 nitrogen and oxygen atoms in total. The van der Waals surface area contributed by atoms with Gasteiger partial charge in [-0.3, -0.25) is 0 Å². The topological polar surface area (TPSA) is 42.7 Å². The summed E-state index contributed by atoms with van der Waals surface area (Å²) in [5.74, 6) is 0. The molecule has 0 spiro atoms. The first kappa shape index (κ1) is 36.1. The van der Waals surface area contributed by atoms with E-state index < -0.39 is 0 Å². The summed E-state index contributed by atoms with van der Waals surface area (Å²) >= 11 is 0. The summed E-state index contributed by atoms with van der Waals surface area (Å²) in [6.07, 6.45) is 0. The first-order chi connectivity index (χ1) is 31.7. The molecule has 13 aromatic rings. The molecule has 0 aliphatic heterocycles. The Labute approximate surface area is 368 Å². The first-order valence-electron chi connectivity index (χ1n) is 21.6. The molecular formula is C60H37NO3. The Morgan fingerprint density at radius 1 is 0.234 bits per heavy atom. The van der Waals surface area contributed by atoms with Gasteiger partial charge in [-0.1, -0.05) is 140 Å². The number of fused-ring (bicyclic) bond motifs is 9. The largest absolute Gasteiger partial charge is 0.456 e. The molecule has 64 heavy (non-hydrogen) atoms. The maximum Gasteiger partial charge on any atom is 0.143 e. The molecule has 4 heteroatoms. The zero-order chi connectivity index (χ0) is 42.1. The van der Waals surface area contributed by atoms with Crippen LogP contribution in [0.3, 0.4) is 0 Å². The standard InChI is InChI=1S/C60H37NO3/c1-2-11-38(12-3-1)39-21-27-45(28-22-39)61(46-29-23-40(24-30-46)48-16-10-17-52-49-13-4-9-20-57(49)64-60(48)52)47-34-43(41-25-31-58-53(36-41)50-14-5-7-18-55(50)62-58)33-44(35-47)42-26-32-59-54(37-42)51-15-6-8-19-56(51)63-59/h1-37H. The Kier molecular flexibility index (Phi) is 8.18. The highest BCUT2D eigenvalue weighted by Crippen LogP contribution is 2.44. The van der Waals surface area contributed by atoms with Crippen molar-refractivity contribution >= 4 is 82.9 Å². The molecule has 0 unspecified atom stereocenters. The van der Waals surface area contributed by atoms with E-state index in [4.69, 9.17) is 13.3 Å². The Hall–Kier alpha value is -8.60. The summed E-state index contributed by atoms with van der Waals surface area (Å²) < 4.78 is 19.0. The molecule has 0 saturated carbocycles. The van der Waals surface area contributed by atoms with Crippen LogP contribution in [0.1, 0.15) is 0 Å². The number of rotatable bonds is 7. The maximum absolute atomic E-state index is 6.48. The molecule has 10 aromatic carbocycles. The monoisotopic (exact) mass is 819 g/mol. The molecule has 0 amide bonds. The molecular weight excluding hydrogens is 783 g/mol. The Morgan fingerprint density at radius 2 is 0.672 bits per heavy atom. The number of furan rings is 3. The van der Waals surface area contributed by atoms with Crippen molar-refractivity contribution in [3.63, 3.8) is 0 Å². The van der Waals surface area contributed by atoms with Crippen LogP contribution >= 0.6 is 0 Å². The molecule has 0 atom stereocenters. The second kappa shape index (κ2) is 14.5. The Morgan fingerprint density at radius 3 is 1.25 bits per heavy atom. The van der Waals surface area contributed by atoms with Gasteiger partial charge in [0.05, 0.1) is 0 Å². The fourth-order valence-electron chi connectivity index (χ4n) is 9.53. The van der Waals surface area contributed by atoms with E-state index in [9.17, 15) is 0 Å². The van der Waals surface area contributed by atoms with Crippen molar-refractivity contribution in [1.82, 2.24) is 0 Å². The van der Waals surface area contributed by atoms with Gasteiger partial charge >= 0.3 is 0 Å². The van der Waals surface area contributed by atoms with E-state index in [2.05, 4.69) is 193 Å². The minimum absolute atomic E-state index is 0.872. The lowest BCUT2D eigenvalue weighted by Crippen LogP contribution is -2.10. The normalized spacial score (nSPS) is 11.8. The number of hydrogen-bond acceptors (Lipinski definition) is 4. The molecule has 0 bridgehead atoms.